The van der Waals surface area contributed by atoms with E-state index in [1.54, 1.807) is 0 Å². The van der Waals surface area contributed by atoms with Crippen molar-refractivity contribution in [3.63, 3.8) is 0 Å². The molecule has 1 aliphatic rings. The average Bonchev–Trinajstić information content (AvgIpc) is 2.45. The van der Waals surface area contributed by atoms with Crippen LogP contribution in [0.1, 0.15) is 46.0 Å². The van der Waals surface area contributed by atoms with Gasteiger partial charge in [-0.1, -0.05) is 39.5 Å². The van der Waals surface area contributed by atoms with Gasteiger partial charge in [-0.3, -0.25) is 0 Å². The van der Waals surface area contributed by atoms with Crippen molar-refractivity contribution in [3.05, 3.63) is 0 Å². The molecule has 1 unspecified atom stereocenters. The average molecular weight is 300 g/mol. The normalized spacial score (nSPS) is 18.8. The van der Waals surface area contributed by atoms with Gasteiger partial charge in [0.05, 0.1) is 13.2 Å². The second-order valence-electron chi connectivity index (χ2n) is 5.97. The molecule has 0 aromatic rings. The first-order chi connectivity index (χ1) is 10.0. The van der Waals surface area contributed by atoms with E-state index in [1.807, 2.05) is 0 Å². The lowest BCUT2D eigenvalue weighted by atomic mass is 10.0. The van der Waals surface area contributed by atoms with Crippen molar-refractivity contribution >= 4 is 12.0 Å². The van der Waals surface area contributed by atoms with Gasteiger partial charge in [0.15, 0.2) is 6.10 Å². The number of nitrogens with zero attached hydrogens (tertiary/aromatic N) is 1. The van der Waals surface area contributed by atoms with Gasteiger partial charge in [0.2, 0.25) is 0 Å². The maximum atomic E-state index is 11.9. The number of carboxylic acid groups (broad SMARTS) is 1. The van der Waals surface area contributed by atoms with E-state index in [1.165, 1.54) is 24.2 Å². The maximum absolute atomic E-state index is 11.9. The molecule has 0 saturated carbocycles. The van der Waals surface area contributed by atoms with Gasteiger partial charge in [-0.25, -0.2) is 9.59 Å². The Morgan fingerprint density at radius 1 is 1.29 bits per heavy atom. The first-order valence-corrected chi connectivity index (χ1v) is 7.88. The highest BCUT2D eigenvalue weighted by Crippen LogP contribution is 2.09. The third-order valence-electron chi connectivity index (χ3n) is 3.61. The number of morpholine rings is 1. The highest BCUT2D eigenvalue weighted by atomic mass is 16.5. The van der Waals surface area contributed by atoms with Crippen LogP contribution < -0.4 is 5.32 Å². The molecule has 1 heterocycles. The van der Waals surface area contributed by atoms with Gasteiger partial charge in [-0.05, 0) is 12.3 Å². The summed E-state index contributed by atoms with van der Waals surface area (Å²) >= 11 is 0. The zero-order valence-corrected chi connectivity index (χ0v) is 13.1. The number of aliphatic carboxylic acids is 1. The Kier molecular flexibility index (Phi) is 8.12. The maximum Gasteiger partial charge on any atom is 0.334 e. The van der Waals surface area contributed by atoms with E-state index in [0.29, 0.717) is 13.1 Å². The molecule has 6 nitrogen and oxygen atoms in total. The van der Waals surface area contributed by atoms with Gasteiger partial charge >= 0.3 is 12.0 Å². The number of carbonyl (C=O) groups excluding carboxylic acids is 1. The molecule has 1 rings (SSSR count). The third kappa shape index (κ3) is 7.32. The summed E-state index contributed by atoms with van der Waals surface area (Å²) in [6.45, 7) is 5.95. The number of unbranched alkanes of at least 4 members (excludes halogenated alkanes) is 3. The molecule has 0 aromatic heterocycles. The lowest BCUT2D eigenvalue weighted by Gasteiger charge is -2.30. The summed E-state index contributed by atoms with van der Waals surface area (Å²) < 4.78 is 5.09. The lowest BCUT2D eigenvalue weighted by molar-refractivity contribution is -0.154. The van der Waals surface area contributed by atoms with Crippen LogP contribution in [0.2, 0.25) is 0 Å². The predicted molar refractivity (Wildman–Crippen MR) is 80.3 cm³/mol. The molecule has 1 atom stereocenters. The zero-order chi connectivity index (χ0) is 15.7. The van der Waals surface area contributed by atoms with Crippen molar-refractivity contribution in [2.75, 3.05) is 26.2 Å². The first kappa shape index (κ1) is 17.8. The minimum absolute atomic E-state index is 0.121. The van der Waals surface area contributed by atoms with Crippen molar-refractivity contribution in [1.29, 1.82) is 0 Å². The number of carboxylic acids is 1. The topological polar surface area (TPSA) is 78.9 Å². The molecule has 21 heavy (non-hydrogen) atoms. The SMILES string of the molecule is CC(C)CCCCCCNC(=O)N1CCOC(C(=O)O)C1. The highest BCUT2D eigenvalue weighted by molar-refractivity contribution is 5.77. The van der Waals surface area contributed by atoms with Crippen LogP contribution >= 0.6 is 0 Å². The number of amides is 2. The molecule has 1 fully saturated rings. The Morgan fingerprint density at radius 2 is 2.00 bits per heavy atom. The van der Waals surface area contributed by atoms with E-state index in [0.717, 1.165) is 18.8 Å². The molecule has 6 heteroatoms. The number of rotatable bonds is 8. The molecule has 0 spiro atoms. The van der Waals surface area contributed by atoms with Crippen molar-refractivity contribution in [2.45, 2.75) is 52.1 Å². The van der Waals surface area contributed by atoms with Gasteiger partial charge in [0.1, 0.15) is 0 Å². The van der Waals surface area contributed by atoms with Crippen molar-refractivity contribution in [3.8, 4) is 0 Å². The molecule has 2 amide bonds. The van der Waals surface area contributed by atoms with E-state index < -0.39 is 12.1 Å². The van der Waals surface area contributed by atoms with E-state index >= 15 is 0 Å². The summed E-state index contributed by atoms with van der Waals surface area (Å²) in [6, 6.07) is -0.188. The molecule has 0 aliphatic carbocycles. The Hall–Kier alpha value is -1.30. The van der Waals surface area contributed by atoms with E-state index in [9.17, 15) is 9.59 Å². The largest absolute Gasteiger partial charge is 0.479 e. The van der Waals surface area contributed by atoms with Crippen LogP contribution in [-0.4, -0.2) is 54.4 Å². The monoisotopic (exact) mass is 300 g/mol. The van der Waals surface area contributed by atoms with E-state index in [4.69, 9.17) is 9.84 Å². The lowest BCUT2D eigenvalue weighted by Crippen LogP contribution is -2.51. The molecular weight excluding hydrogens is 272 g/mol. The number of hydrogen-bond donors (Lipinski definition) is 2. The van der Waals surface area contributed by atoms with E-state index in [-0.39, 0.29) is 19.2 Å². The number of urea groups is 1. The number of hydrogen-bond acceptors (Lipinski definition) is 3. The van der Waals surface area contributed by atoms with Crippen molar-refractivity contribution in [2.24, 2.45) is 5.92 Å². The smallest absolute Gasteiger partial charge is 0.334 e. The number of carbonyl (C=O) groups is 2. The Morgan fingerprint density at radius 3 is 2.67 bits per heavy atom. The van der Waals surface area contributed by atoms with Gasteiger partial charge in [-0.15, -0.1) is 0 Å². The van der Waals surface area contributed by atoms with Crippen LogP contribution in [0.4, 0.5) is 4.79 Å². The van der Waals surface area contributed by atoms with Crippen LogP contribution in [0.25, 0.3) is 0 Å². The summed E-state index contributed by atoms with van der Waals surface area (Å²) in [5.41, 5.74) is 0. The fraction of sp³-hybridized carbons (Fsp3) is 0.867. The quantitative estimate of drug-likeness (QED) is 0.673. The molecule has 2 N–H and O–H groups in total. The first-order valence-electron chi connectivity index (χ1n) is 7.88. The van der Waals surface area contributed by atoms with Gasteiger partial charge in [-0.2, -0.15) is 0 Å². The summed E-state index contributed by atoms with van der Waals surface area (Å²) in [5, 5.41) is 11.7. The fourth-order valence-electron chi connectivity index (χ4n) is 2.32. The minimum Gasteiger partial charge on any atom is -0.479 e. The second-order valence-corrected chi connectivity index (χ2v) is 5.97. The summed E-state index contributed by atoms with van der Waals surface area (Å²) in [7, 11) is 0. The standard InChI is InChI=1S/C15H28N2O4/c1-12(2)7-5-3-4-6-8-16-15(20)17-9-10-21-13(11-17)14(18)19/h12-13H,3-11H2,1-2H3,(H,16,20)(H,18,19). The molecule has 0 bridgehead atoms. The van der Waals surface area contributed by atoms with Crippen LogP contribution in [0.15, 0.2) is 0 Å². The van der Waals surface area contributed by atoms with Gasteiger partial charge in [0, 0.05) is 13.1 Å². The Bertz CT molecular complexity index is 334. The molecule has 1 saturated heterocycles. The van der Waals surface area contributed by atoms with Crippen molar-refractivity contribution < 1.29 is 19.4 Å². The van der Waals surface area contributed by atoms with Crippen LogP contribution in [0.5, 0.6) is 0 Å². The Labute approximate surface area is 126 Å². The van der Waals surface area contributed by atoms with Crippen LogP contribution in [0.3, 0.4) is 0 Å². The predicted octanol–water partition coefficient (Wildman–Crippen LogP) is 2.09. The molecule has 122 valence electrons. The van der Waals surface area contributed by atoms with E-state index in [2.05, 4.69) is 19.2 Å². The summed E-state index contributed by atoms with van der Waals surface area (Å²) in [4.78, 5) is 24.3. The van der Waals surface area contributed by atoms with Crippen molar-refractivity contribution in [1.82, 2.24) is 10.2 Å². The zero-order valence-electron chi connectivity index (χ0n) is 13.1. The molecule has 0 radical (unpaired) electrons. The highest BCUT2D eigenvalue weighted by Gasteiger charge is 2.28. The Balaban J connectivity index is 2.09. The number of nitrogens with one attached hydrogen (secondary N) is 1. The summed E-state index contributed by atoms with van der Waals surface area (Å²) in [6.07, 6.45) is 4.89. The van der Waals surface area contributed by atoms with Gasteiger partial charge in [0.25, 0.3) is 0 Å². The fourth-order valence-corrected chi connectivity index (χ4v) is 2.32. The summed E-state index contributed by atoms with van der Waals surface area (Å²) in [5.74, 6) is -0.258. The minimum atomic E-state index is -1.02. The molecular formula is C15H28N2O4. The van der Waals surface area contributed by atoms with Crippen LogP contribution in [0, 0.1) is 5.92 Å². The van der Waals surface area contributed by atoms with Crippen LogP contribution in [-0.2, 0) is 9.53 Å². The number of ether oxygens (including phenoxy) is 1. The molecule has 1 aliphatic heterocycles. The van der Waals surface area contributed by atoms with Gasteiger partial charge < -0.3 is 20.1 Å². The second kappa shape index (κ2) is 9.60. The third-order valence-corrected chi connectivity index (χ3v) is 3.61. The molecule has 0 aromatic carbocycles.